The summed E-state index contributed by atoms with van der Waals surface area (Å²) in [6.07, 6.45) is 4.52. The molecule has 1 aliphatic heterocycles. The highest BCUT2D eigenvalue weighted by Gasteiger charge is 2.47. The van der Waals surface area contributed by atoms with Crippen molar-refractivity contribution >= 4 is 46.3 Å². The molecule has 0 spiro atoms. The van der Waals surface area contributed by atoms with Crippen LogP contribution in [0.1, 0.15) is 35.7 Å². The van der Waals surface area contributed by atoms with Crippen LogP contribution in [-0.4, -0.2) is 26.5 Å². The molecule has 2 aromatic carbocycles. The van der Waals surface area contributed by atoms with Crippen molar-refractivity contribution in [2.45, 2.75) is 33.2 Å². The molecule has 0 aliphatic carbocycles. The summed E-state index contributed by atoms with van der Waals surface area (Å²) in [5.41, 5.74) is 2.07. The lowest BCUT2D eigenvalue weighted by atomic mass is 10.0. The molecule has 0 bridgehead atoms. The standard InChI is InChI=1S/C29H23Cl2FN4O3/c1-3-5-23-24(28(38)36(33-23)20-11-12-21(30)22(31)14-20)25-26(34-13-4-6-17(2)15-34)29(39)35(27(25)37)16-18-7-9-19(32)10-8-18/h4,6-15H,3,5,16H2,1-2H3/p+1. The number of hydrogen-bond acceptors (Lipinski definition) is 3. The zero-order valence-electron chi connectivity index (χ0n) is 21.2. The lowest BCUT2D eigenvalue weighted by Crippen LogP contribution is -2.39. The maximum absolute atomic E-state index is 14.0. The number of imide groups is 1. The summed E-state index contributed by atoms with van der Waals surface area (Å²) in [6, 6.07) is 14.0. The van der Waals surface area contributed by atoms with Gasteiger partial charge in [-0.25, -0.2) is 9.07 Å². The number of carbonyl (C=O) groups excluding carboxylic acids is 2. The van der Waals surface area contributed by atoms with Gasteiger partial charge in [0.2, 0.25) is 0 Å². The number of halogens is 3. The maximum atomic E-state index is 14.0. The molecule has 0 unspecified atom stereocenters. The fourth-order valence-electron chi connectivity index (χ4n) is 4.65. The van der Waals surface area contributed by atoms with Crippen LogP contribution in [0.5, 0.6) is 0 Å². The number of aromatic nitrogens is 3. The molecular formula is C29H24Cl2FN4O3+. The largest absolute Gasteiger partial charge is 0.327 e. The fourth-order valence-corrected chi connectivity index (χ4v) is 4.95. The molecule has 198 valence electrons. The summed E-state index contributed by atoms with van der Waals surface area (Å²) in [5.74, 6) is -1.59. The van der Waals surface area contributed by atoms with Crippen molar-refractivity contribution in [3.05, 3.63) is 116 Å². The molecule has 4 aromatic rings. The van der Waals surface area contributed by atoms with E-state index in [1.54, 1.807) is 41.2 Å². The topological polar surface area (TPSA) is 79.1 Å². The second-order valence-electron chi connectivity index (χ2n) is 9.29. The average Bonchev–Trinajstić information content (AvgIpc) is 3.35. The monoisotopic (exact) mass is 565 g/mol. The Hall–Kier alpha value is -4.01. The van der Waals surface area contributed by atoms with Gasteiger partial charge < -0.3 is 0 Å². The van der Waals surface area contributed by atoms with E-state index < -0.39 is 23.2 Å². The molecule has 2 aromatic heterocycles. The summed E-state index contributed by atoms with van der Waals surface area (Å²) >= 11 is 12.3. The van der Waals surface area contributed by atoms with E-state index in [4.69, 9.17) is 23.2 Å². The van der Waals surface area contributed by atoms with Crippen molar-refractivity contribution in [2.75, 3.05) is 0 Å². The lowest BCUT2D eigenvalue weighted by Gasteiger charge is -2.14. The molecule has 0 saturated carbocycles. The number of carbonyl (C=O) groups is 2. The Balaban J connectivity index is 1.72. The molecular weight excluding hydrogens is 542 g/mol. The van der Waals surface area contributed by atoms with Crippen molar-refractivity contribution in [3.63, 3.8) is 0 Å². The first-order valence-electron chi connectivity index (χ1n) is 12.3. The van der Waals surface area contributed by atoms with E-state index >= 15 is 0 Å². The van der Waals surface area contributed by atoms with Crippen LogP contribution in [0.15, 0.2) is 71.8 Å². The Morgan fingerprint density at radius 1 is 0.974 bits per heavy atom. The summed E-state index contributed by atoms with van der Waals surface area (Å²) in [5, 5.41) is 3.72. The van der Waals surface area contributed by atoms with E-state index in [2.05, 4.69) is 5.10 Å². The maximum Gasteiger partial charge on any atom is 0.327 e. The zero-order valence-corrected chi connectivity index (χ0v) is 22.7. The highest BCUT2D eigenvalue weighted by atomic mass is 35.5. The molecule has 0 atom stereocenters. The second-order valence-corrected chi connectivity index (χ2v) is 10.1. The molecule has 2 amide bonds. The minimum atomic E-state index is -0.608. The average molecular weight is 566 g/mol. The molecule has 39 heavy (non-hydrogen) atoms. The third kappa shape index (κ3) is 4.93. The number of aryl methyl sites for hydroxylation is 2. The predicted molar refractivity (Wildman–Crippen MR) is 147 cm³/mol. The van der Waals surface area contributed by atoms with E-state index in [0.717, 1.165) is 10.5 Å². The van der Waals surface area contributed by atoms with Crippen molar-refractivity contribution in [2.24, 2.45) is 0 Å². The Kier molecular flexibility index (Phi) is 7.25. The van der Waals surface area contributed by atoms with Crippen molar-refractivity contribution in [3.8, 4) is 5.69 Å². The van der Waals surface area contributed by atoms with Gasteiger partial charge in [-0.3, -0.25) is 24.4 Å². The first kappa shape index (κ1) is 26.6. The van der Waals surface area contributed by atoms with Crippen LogP contribution in [0, 0.1) is 12.7 Å². The van der Waals surface area contributed by atoms with E-state index in [1.165, 1.54) is 28.9 Å². The van der Waals surface area contributed by atoms with Crippen LogP contribution in [0.4, 0.5) is 4.39 Å². The number of pyridine rings is 1. The minimum absolute atomic E-state index is 0.00113. The van der Waals surface area contributed by atoms with E-state index in [0.29, 0.717) is 34.8 Å². The summed E-state index contributed by atoms with van der Waals surface area (Å²) in [6.45, 7) is 3.74. The third-order valence-electron chi connectivity index (χ3n) is 6.48. The highest BCUT2D eigenvalue weighted by Crippen LogP contribution is 2.32. The molecule has 1 aliphatic rings. The van der Waals surface area contributed by atoms with E-state index in [1.807, 2.05) is 19.9 Å². The van der Waals surface area contributed by atoms with Crippen LogP contribution in [-0.2, 0) is 22.6 Å². The van der Waals surface area contributed by atoms with Gasteiger partial charge in [-0.05, 0) is 55.3 Å². The van der Waals surface area contributed by atoms with Crippen molar-refractivity contribution in [1.29, 1.82) is 0 Å². The Bertz CT molecular complexity index is 1710. The molecule has 0 fully saturated rings. The number of aromatic amines is 1. The fraction of sp³-hybridized carbons (Fsp3) is 0.172. The molecule has 7 nitrogen and oxygen atoms in total. The number of rotatable bonds is 7. The highest BCUT2D eigenvalue weighted by molar-refractivity contribution is 6.44. The third-order valence-corrected chi connectivity index (χ3v) is 7.22. The predicted octanol–water partition coefficient (Wildman–Crippen LogP) is 5.10. The van der Waals surface area contributed by atoms with Crippen molar-refractivity contribution < 1.29 is 18.5 Å². The SMILES string of the molecule is CCCc1[nH]n(-c2ccc(Cl)c(Cl)c2)c(=O)c1C1=C([n+]2cccc(C)c2)C(=O)N(Cc2ccc(F)cc2)C1=O. The first-order chi connectivity index (χ1) is 18.7. The van der Waals surface area contributed by atoms with Crippen molar-refractivity contribution in [1.82, 2.24) is 14.7 Å². The lowest BCUT2D eigenvalue weighted by molar-refractivity contribution is -0.577. The van der Waals surface area contributed by atoms with Gasteiger partial charge in [-0.15, -0.1) is 0 Å². The molecule has 5 rings (SSSR count). The van der Waals surface area contributed by atoms with Gasteiger partial charge >= 0.3 is 5.91 Å². The quantitative estimate of drug-likeness (QED) is 0.250. The number of amides is 2. The Morgan fingerprint density at radius 2 is 1.72 bits per heavy atom. The Morgan fingerprint density at radius 3 is 2.38 bits per heavy atom. The van der Waals surface area contributed by atoms with Gasteiger partial charge in [-0.2, -0.15) is 4.57 Å². The molecule has 1 N–H and O–H groups in total. The zero-order chi connectivity index (χ0) is 27.8. The number of nitrogens with zero attached hydrogens (tertiary/aromatic N) is 3. The molecule has 10 heteroatoms. The molecule has 3 heterocycles. The van der Waals surface area contributed by atoms with Crippen LogP contribution in [0.2, 0.25) is 10.0 Å². The number of benzene rings is 2. The van der Waals surface area contributed by atoms with Gasteiger partial charge in [0.15, 0.2) is 12.4 Å². The normalized spacial score (nSPS) is 13.6. The molecule has 0 radical (unpaired) electrons. The van der Waals surface area contributed by atoms with Crippen LogP contribution >= 0.6 is 23.2 Å². The first-order valence-corrected chi connectivity index (χ1v) is 13.1. The minimum Gasteiger partial charge on any atom is -0.294 e. The van der Waals surface area contributed by atoms with E-state index in [9.17, 15) is 18.8 Å². The van der Waals surface area contributed by atoms with Gasteiger partial charge in [0.25, 0.3) is 17.2 Å². The number of hydrogen-bond donors (Lipinski definition) is 1. The second kappa shape index (κ2) is 10.6. The van der Waals surface area contributed by atoms with Gasteiger partial charge in [0.05, 0.1) is 27.8 Å². The van der Waals surface area contributed by atoms with Crippen LogP contribution in [0.3, 0.4) is 0 Å². The van der Waals surface area contributed by atoms with Crippen LogP contribution in [0.25, 0.3) is 17.0 Å². The van der Waals surface area contributed by atoms with Gasteiger partial charge in [-0.1, -0.05) is 48.7 Å². The molecule has 0 saturated heterocycles. The summed E-state index contributed by atoms with van der Waals surface area (Å²) < 4.78 is 16.4. The smallest absolute Gasteiger partial charge is 0.294 e. The number of nitrogens with one attached hydrogen (secondary N) is 1. The Labute approximate surface area is 233 Å². The van der Waals surface area contributed by atoms with Gasteiger partial charge in [0.1, 0.15) is 11.4 Å². The number of H-pyrrole nitrogens is 1. The summed E-state index contributed by atoms with van der Waals surface area (Å²) in [7, 11) is 0. The van der Waals surface area contributed by atoms with E-state index in [-0.39, 0.29) is 28.4 Å². The summed E-state index contributed by atoms with van der Waals surface area (Å²) in [4.78, 5) is 42.8. The van der Waals surface area contributed by atoms with Crippen LogP contribution < -0.4 is 10.1 Å². The van der Waals surface area contributed by atoms with Gasteiger partial charge in [0, 0.05) is 17.3 Å².